The van der Waals surface area contributed by atoms with Gasteiger partial charge in [-0.1, -0.05) is 16.8 Å². The van der Waals surface area contributed by atoms with E-state index in [0.717, 1.165) is 25.2 Å². The number of anilines is 1. The molecule has 0 amide bonds. The number of aromatic carboxylic acids is 1. The predicted octanol–water partition coefficient (Wildman–Crippen LogP) is 3.80. The Morgan fingerprint density at radius 2 is 2.15 bits per heavy atom. The summed E-state index contributed by atoms with van der Waals surface area (Å²) in [5.74, 6) is 0.651. The molecule has 8 heteroatoms. The van der Waals surface area contributed by atoms with Gasteiger partial charge in [0.25, 0.3) is 0 Å². The second-order valence-corrected chi connectivity index (χ2v) is 6.72. The Kier molecular flexibility index (Phi) is 4.38. The maximum atomic E-state index is 11.9. The predicted molar refractivity (Wildman–Crippen MR) is 96.7 cm³/mol. The van der Waals surface area contributed by atoms with Gasteiger partial charge in [-0.25, -0.2) is 9.78 Å². The number of nitrogens with one attached hydrogen (secondary N) is 1. The van der Waals surface area contributed by atoms with Crippen molar-refractivity contribution in [1.82, 2.24) is 15.1 Å². The first-order valence-electron chi connectivity index (χ1n) is 8.36. The molecule has 134 valence electrons. The third-order valence-electron chi connectivity index (χ3n) is 4.62. The van der Waals surface area contributed by atoms with Gasteiger partial charge in [0.2, 0.25) is 0 Å². The first-order valence-corrected chi connectivity index (χ1v) is 8.74. The van der Waals surface area contributed by atoms with Gasteiger partial charge in [-0.2, -0.15) is 0 Å². The topological polar surface area (TPSA) is 95.2 Å². The van der Waals surface area contributed by atoms with Gasteiger partial charge in [0.1, 0.15) is 5.82 Å². The molecule has 1 saturated heterocycles. The van der Waals surface area contributed by atoms with Crippen molar-refractivity contribution < 1.29 is 14.4 Å². The molecule has 7 nitrogen and oxygen atoms in total. The van der Waals surface area contributed by atoms with Crippen molar-refractivity contribution in [2.75, 3.05) is 18.0 Å². The summed E-state index contributed by atoms with van der Waals surface area (Å²) < 4.78 is 5.42. The van der Waals surface area contributed by atoms with Gasteiger partial charge in [0.05, 0.1) is 0 Å². The summed E-state index contributed by atoms with van der Waals surface area (Å²) in [5.41, 5.74) is 0.706. The highest BCUT2D eigenvalue weighted by atomic mass is 35.5. The number of nitrogens with zero attached hydrogens (tertiary/aromatic N) is 3. The molecule has 0 spiro atoms. The van der Waals surface area contributed by atoms with Crippen molar-refractivity contribution in [1.29, 1.82) is 0 Å². The smallest absolute Gasteiger partial charge is 0.343 e. The minimum atomic E-state index is -1.06. The maximum Gasteiger partial charge on any atom is 0.343 e. The van der Waals surface area contributed by atoms with Gasteiger partial charge in [-0.3, -0.25) is 0 Å². The van der Waals surface area contributed by atoms with E-state index in [2.05, 4.69) is 15.1 Å². The van der Waals surface area contributed by atoms with Gasteiger partial charge in [0.15, 0.2) is 17.1 Å². The highest BCUT2D eigenvalue weighted by molar-refractivity contribution is 6.30. The van der Waals surface area contributed by atoms with Crippen molar-refractivity contribution in [2.45, 2.75) is 18.8 Å². The number of hydrogen-bond acceptors (Lipinski definition) is 5. The number of carbonyl (C=O) groups is 1. The Labute approximate surface area is 154 Å². The Morgan fingerprint density at radius 3 is 2.85 bits per heavy atom. The minimum Gasteiger partial charge on any atom is -0.477 e. The fourth-order valence-electron chi connectivity index (χ4n) is 3.38. The molecule has 1 atom stereocenters. The Balaban J connectivity index is 1.68. The molecule has 0 radical (unpaired) electrons. The van der Waals surface area contributed by atoms with Crippen LogP contribution in [0.4, 0.5) is 5.82 Å². The van der Waals surface area contributed by atoms with E-state index in [9.17, 15) is 9.90 Å². The zero-order valence-electron chi connectivity index (χ0n) is 13.9. The largest absolute Gasteiger partial charge is 0.477 e. The summed E-state index contributed by atoms with van der Waals surface area (Å²) in [6.07, 6.45) is 5.44. The normalized spacial score (nSPS) is 17.4. The van der Waals surface area contributed by atoms with Crippen LogP contribution >= 0.6 is 11.6 Å². The van der Waals surface area contributed by atoms with Crippen LogP contribution < -0.4 is 4.90 Å². The number of imidazole rings is 1. The molecule has 1 aromatic carbocycles. The number of halogens is 1. The van der Waals surface area contributed by atoms with E-state index in [1.807, 2.05) is 4.90 Å². The summed E-state index contributed by atoms with van der Waals surface area (Å²) in [7, 11) is 0. The fraction of sp³-hybridized carbons (Fsp3) is 0.278. The van der Waals surface area contributed by atoms with Gasteiger partial charge >= 0.3 is 5.97 Å². The summed E-state index contributed by atoms with van der Waals surface area (Å²) in [6, 6.07) is 6.83. The maximum absolute atomic E-state index is 11.9. The molecule has 4 rings (SSSR count). The summed E-state index contributed by atoms with van der Waals surface area (Å²) in [6.45, 7) is 1.37. The average Bonchev–Trinajstić information content (AvgIpc) is 3.32. The van der Waals surface area contributed by atoms with Crippen molar-refractivity contribution in [3.8, 4) is 11.3 Å². The molecule has 1 fully saturated rings. The Morgan fingerprint density at radius 1 is 1.35 bits per heavy atom. The van der Waals surface area contributed by atoms with E-state index in [1.165, 1.54) is 0 Å². The molecule has 3 aromatic rings. The SMILES string of the molecule is O=C(O)c1c(N2CCCC(c3ncc[nH]3)C2)noc1-c1ccc(Cl)cc1. The standard InChI is InChI=1S/C18H17ClN4O3/c19-13-5-3-11(4-6-13)15-14(18(24)25)17(22-26-15)23-9-1-2-12(10-23)16-20-7-8-21-16/h3-8,12H,1-2,9-10H2,(H,20,21)(H,24,25). The average molecular weight is 373 g/mol. The van der Waals surface area contributed by atoms with Crippen LogP contribution in [0.2, 0.25) is 5.02 Å². The number of H-pyrrole nitrogens is 1. The van der Waals surface area contributed by atoms with Gasteiger partial charge in [0, 0.05) is 42.0 Å². The first kappa shape index (κ1) is 16.7. The molecular formula is C18H17ClN4O3. The lowest BCUT2D eigenvalue weighted by Gasteiger charge is -2.31. The molecule has 1 unspecified atom stereocenters. The zero-order valence-corrected chi connectivity index (χ0v) is 14.6. The van der Waals surface area contributed by atoms with Crippen LogP contribution in [0.3, 0.4) is 0 Å². The van der Waals surface area contributed by atoms with Gasteiger partial charge in [-0.15, -0.1) is 0 Å². The Bertz CT molecular complexity index is 905. The number of aromatic amines is 1. The van der Waals surface area contributed by atoms with E-state index in [1.54, 1.807) is 36.7 Å². The number of piperidine rings is 1. The number of aromatic nitrogens is 3. The van der Waals surface area contributed by atoms with Gasteiger partial charge < -0.3 is 19.5 Å². The summed E-state index contributed by atoms with van der Waals surface area (Å²) in [5, 5.41) is 14.4. The fourth-order valence-corrected chi connectivity index (χ4v) is 3.51. The van der Waals surface area contributed by atoms with Crippen LogP contribution in [0.25, 0.3) is 11.3 Å². The third kappa shape index (κ3) is 3.06. The van der Waals surface area contributed by atoms with Crippen LogP contribution in [-0.2, 0) is 0 Å². The van der Waals surface area contributed by atoms with Crippen molar-refractivity contribution in [3.63, 3.8) is 0 Å². The molecule has 0 bridgehead atoms. The van der Waals surface area contributed by atoms with Crippen LogP contribution in [0, 0.1) is 0 Å². The zero-order chi connectivity index (χ0) is 18.1. The second kappa shape index (κ2) is 6.84. The number of carboxylic acid groups (broad SMARTS) is 1. The second-order valence-electron chi connectivity index (χ2n) is 6.28. The van der Waals surface area contributed by atoms with E-state index < -0.39 is 5.97 Å². The highest BCUT2D eigenvalue weighted by Gasteiger charge is 2.31. The number of carboxylic acids is 1. The van der Waals surface area contributed by atoms with E-state index >= 15 is 0 Å². The van der Waals surface area contributed by atoms with Gasteiger partial charge in [-0.05, 0) is 37.1 Å². The molecule has 3 heterocycles. The summed E-state index contributed by atoms with van der Waals surface area (Å²) in [4.78, 5) is 21.4. The molecule has 2 N–H and O–H groups in total. The molecule has 1 aliphatic heterocycles. The van der Waals surface area contributed by atoms with Crippen LogP contribution in [0.5, 0.6) is 0 Å². The van der Waals surface area contributed by atoms with E-state index in [4.69, 9.17) is 16.1 Å². The van der Waals surface area contributed by atoms with E-state index in [-0.39, 0.29) is 17.2 Å². The number of benzene rings is 1. The van der Waals surface area contributed by atoms with Crippen LogP contribution in [0.1, 0.15) is 34.9 Å². The number of hydrogen-bond donors (Lipinski definition) is 2. The first-order chi connectivity index (χ1) is 12.6. The lowest BCUT2D eigenvalue weighted by Crippen LogP contribution is -2.35. The molecule has 0 aliphatic carbocycles. The van der Waals surface area contributed by atoms with Crippen molar-refractivity contribution in [3.05, 3.63) is 53.1 Å². The highest BCUT2D eigenvalue weighted by Crippen LogP contribution is 2.35. The molecule has 26 heavy (non-hydrogen) atoms. The third-order valence-corrected chi connectivity index (χ3v) is 4.87. The van der Waals surface area contributed by atoms with Crippen LogP contribution in [-0.4, -0.2) is 39.3 Å². The number of rotatable bonds is 4. The molecule has 2 aromatic heterocycles. The van der Waals surface area contributed by atoms with E-state index in [0.29, 0.717) is 22.9 Å². The quantitative estimate of drug-likeness (QED) is 0.723. The lowest BCUT2D eigenvalue weighted by molar-refractivity contribution is 0.0697. The minimum absolute atomic E-state index is 0.0763. The van der Waals surface area contributed by atoms with Crippen LogP contribution in [0.15, 0.2) is 41.2 Å². The lowest BCUT2D eigenvalue weighted by atomic mass is 9.97. The molecule has 0 saturated carbocycles. The summed E-state index contributed by atoms with van der Waals surface area (Å²) >= 11 is 5.91. The van der Waals surface area contributed by atoms with Crippen molar-refractivity contribution in [2.24, 2.45) is 0 Å². The molecular weight excluding hydrogens is 356 g/mol. The molecule has 1 aliphatic rings. The van der Waals surface area contributed by atoms with Crippen molar-refractivity contribution >= 4 is 23.4 Å². The Hall–Kier alpha value is -2.80. The monoisotopic (exact) mass is 372 g/mol.